The fourth-order valence-corrected chi connectivity index (χ4v) is 2.56. The third-order valence-electron chi connectivity index (χ3n) is 2.10. The van der Waals surface area contributed by atoms with Crippen molar-refractivity contribution in [1.29, 1.82) is 5.26 Å². The topological polar surface area (TPSA) is 62.7 Å². The van der Waals surface area contributed by atoms with Crippen LogP contribution in [0.4, 0.5) is 4.39 Å². The first-order valence-corrected chi connectivity index (χ1v) is 7.57. The highest BCUT2D eigenvalue weighted by Crippen LogP contribution is 2.24. The van der Waals surface area contributed by atoms with Gasteiger partial charge in [-0.25, -0.2) is 4.39 Å². The first-order valence-electron chi connectivity index (χ1n) is 5.43. The molecule has 7 heteroatoms. The van der Waals surface area contributed by atoms with Gasteiger partial charge in [0.2, 0.25) is 5.89 Å². The highest BCUT2D eigenvalue weighted by Gasteiger charge is 2.08. The normalized spacial score (nSPS) is 10.3. The standard InChI is InChI=1S/C12H10FN3OS2/c13-9-3-1-2-4-10(9)19-7-11-15-12(17-16-11)8-18-6-5-14/h1-4H,6-8H2. The number of nitriles is 1. The van der Waals surface area contributed by atoms with E-state index in [1.54, 1.807) is 18.2 Å². The van der Waals surface area contributed by atoms with Crippen molar-refractivity contribution in [2.45, 2.75) is 16.4 Å². The van der Waals surface area contributed by atoms with Crippen LogP contribution in [0.1, 0.15) is 11.7 Å². The molecule has 0 N–H and O–H groups in total. The van der Waals surface area contributed by atoms with Gasteiger partial charge in [0.15, 0.2) is 5.82 Å². The maximum atomic E-state index is 13.4. The van der Waals surface area contributed by atoms with Crippen molar-refractivity contribution >= 4 is 23.5 Å². The number of rotatable bonds is 6. The molecule has 0 aliphatic heterocycles. The fraction of sp³-hybridized carbons (Fsp3) is 0.250. The van der Waals surface area contributed by atoms with Crippen molar-refractivity contribution in [1.82, 2.24) is 10.1 Å². The van der Waals surface area contributed by atoms with Crippen LogP contribution >= 0.6 is 23.5 Å². The maximum absolute atomic E-state index is 13.4. The largest absolute Gasteiger partial charge is 0.338 e. The third-order valence-corrected chi connectivity index (χ3v) is 3.92. The highest BCUT2D eigenvalue weighted by molar-refractivity contribution is 7.98. The minimum Gasteiger partial charge on any atom is -0.338 e. The average Bonchev–Trinajstić information content (AvgIpc) is 2.86. The van der Waals surface area contributed by atoms with Gasteiger partial charge in [-0.2, -0.15) is 10.2 Å². The summed E-state index contributed by atoms with van der Waals surface area (Å²) < 4.78 is 18.4. The average molecular weight is 295 g/mol. The molecule has 0 spiro atoms. The van der Waals surface area contributed by atoms with E-state index in [0.717, 1.165) is 0 Å². The molecule has 0 fully saturated rings. The van der Waals surface area contributed by atoms with Gasteiger partial charge in [0.05, 0.1) is 23.3 Å². The second-order valence-corrected chi connectivity index (χ2v) is 5.48. The quantitative estimate of drug-likeness (QED) is 0.602. The summed E-state index contributed by atoms with van der Waals surface area (Å²) in [5.41, 5.74) is 0. The van der Waals surface area contributed by atoms with E-state index in [1.807, 2.05) is 6.07 Å². The molecular formula is C12H10FN3OS2. The molecule has 19 heavy (non-hydrogen) atoms. The van der Waals surface area contributed by atoms with Crippen molar-refractivity contribution < 1.29 is 8.91 Å². The van der Waals surface area contributed by atoms with E-state index in [9.17, 15) is 4.39 Å². The molecule has 2 rings (SSSR count). The Bertz CT molecular complexity index is 582. The van der Waals surface area contributed by atoms with E-state index in [-0.39, 0.29) is 5.82 Å². The summed E-state index contributed by atoms with van der Waals surface area (Å²) in [7, 11) is 0. The summed E-state index contributed by atoms with van der Waals surface area (Å²) in [4.78, 5) is 4.74. The van der Waals surface area contributed by atoms with Crippen LogP contribution in [-0.4, -0.2) is 15.9 Å². The number of benzene rings is 1. The Labute approximate surface area is 118 Å². The van der Waals surface area contributed by atoms with E-state index in [1.165, 1.54) is 29.6 Å². The molecule has 0 saturated carbocycles. The van der Waals surface area contributed by atoms with Crippen LogP contribution in [0, 0.1) is 17.1 Å². The lowest BCUT2D eigenvalue weighted by Crippen LogP contribution is -1.87. The molecule has 1 heterocycles. The van der Waals surface area contributed by atoms with E-state index in [0.29, 0.717) is 33.9 Å². The van der Waals surface area contributed by atoms with Gasteiger partial charge >= 0.3 is 0 Å². The number of hydrogen-bond acceptors (Lipinski definition) is 6. The summed E-state index contributed by atoms with van der Waals surface area (Å²) in [5, 5.41) is 12.2. The number of halogens is 1. The second kappa shape index (κ2) is 7.16. The summed E-state index contributed by atoms with van der Waals surface area (Å²) in [5.74, 6) is 2.13. The van der Waals surface area contributed by atoms with Crippen molar-refractivity contribution in [2.75, 3.05) is 5.75 Å². The molecule has 0 unspecified atom stereocenters. The highest BCUT2D eigenvalue weighted by atomic mass is 32.2. The maximum Gasteiger partial charge on any atom is 0.236 e. The third kappa shape index (κ3) is 4.26. The molecule has 0 radical (unpaired) electrons. The van der Waals surface area contributed by atoms with Gasteiger partial charge in [-0.15, -0.1) is 23.5 Å². The first kappa shape index (κ1) is 13.9. The van der Waals surface area contributed by atoms with E-state index >= 15 is 0 Å². The Morgan fingerprint density at radius 3 is 2.95 bits per heavy atom. The molecular weight excluding hydrogens is 285 g/mol. The predicted octanol–water partition coefficient (Wildman–Crippen LogP) is 3.26. The SMILES string of the molecule is N#CCSCc1nc(CSc2ccccc2F)no1. The summed E-state index contributed by atoms with van der Waals surface area (Å²) in [6, 6.07) is 8.59. The van der Waals surface area contributed by atoms with Crippen LogP contribution in [0.2, 0.25) is 0 Å². The Morgan fingerprint density at radius 2 is 2.16 bits per heavy atom. The molecule has 4 nitrogen and oxygen atoms in total. The van der Waals surface area contributed by atoms with Crippen molar-refractivity contribution in [2.24, 2.45) is 0 Å². The number of hydrogen-bond donors (Lipinski definition) is 0. The lowest BCUT2D eigenvalue weighted by Gasteiger charge is -1.99. The number of nitrogens with zero attached hydrogens (tertiary/aromatic N) is 3. The zero-order valence-electron chi connectivity index (χ0n) is 9.88. The summed E-state index contributed by atoms with van der Waals surface area (Å²) in [6.45, 7) is 0. The molecule has 98 valence electrons. The molecule has 0 amide bonds. The Balaban J connectivity index is 1.87. The molecule has 2 aromatic rings. The van der Waals surface area contributed by atoms with E-state index in [2.05, 4.69) is 10.1 Å². The van der Waals surface area contributed by atoms with Crippen molar-refractivity contribution in [3.05, 3.63) is 41.8 Å². The van der Waals surface area contributed by atoms with Crippen LogP contribution in [0.5, 0.6) is 0 Å². The number of thioether (sulfide) groups is 2. The molecule has 0 bridgehead atoms. The molecule has 0 aliphatic rings. The van der Waals surface area contributed by atoms with Crippen molar-refractivity contribution in [3.63, 3.8) is 0 Å². The molecule has 0 aliphatic carbocycles. The number of aromatic nitrogens is 2. The van der Waals surface area contributed by atoms with E-state index < -0.39 is 0 Å². The van der Waals surface area contributed by atoms with Gasteiger partial charge < -0.3 is 4.52 Å². The predicted molar refractivity (Wildman–Crippen MR) is 72.0 cm³/mol. The van der Waals surface area contributed by atoms with Gasteiger partial charge in [0, 0.05) is 4.90 Å². The van der Waals surface area contributed by atoms with Crippen LogP contribution < -0.4 is 0 Å². The minimum absolute atomic E-state index is 0.249. The molecule has 0 saturated heterocycles. The first-order chi connectivity index (χ1) is 9.29. The lowest BCUT2D eigenvalue weighted by molar-refractivity contribution is 0.386. The molecule has 0 atom stereocenters. The van der Waals surface area contributed by atoms with Gasteiger partial charge in [-0.05, 0) is 12.1 Å². The smallest absolute Gasteiger partial charge is 0.236 e. The fourth-order valence-electron chi connectivity index (χ4n) is 1.30. The Hall–Kier alpha value is -1.52. The van der Waals surface area contributed by atoms with Crippen LogP contribution in [-0.2, 0) is 11.5 Å². The van der Waals surface area contributed by atoms with Gasteiger partial charge in [0.25, 0.3) is 0 Å². The van der Waals surface area contributed by atoms with Gasteiger partial charge in [-0.1, -0.05) is 17.3 Å². The lowest BCUT2D eigenvalue weighted by atomic mass is 10.3. The molecule has 1 aromatic carbocycles. The van der Waals surface area contributed by atoms with Crippen LogP contribution in [0.15, 0.2) is 33.7 Å². The summed E-state index contributed by atoms with van der Waals surface area (Å²) >= 11 is 2.74. The summed E-state index contributed by atoms with van der Waals surface area (Å²) in [6.07, 6.45) is 0. The van der Waals surface area contributed by atoms with Gasteiger partial charge in [-0.3, -0.25) is 0 Å². The van der Waals surface area contributed by atoms with Crippen LogP contribution in [0.25, 0.3) is 0 Å². The monoisotopic (exact) mass is 295 g/mol. The van der Waals surface area contributed by atoms with E-state index in [4.69, 9.17) is 9.78 Å². The Kier molecular flexibility index (Phi) is 5.24. The molecule has 1 aromatic heterocycles. The second-order valence-electron chi connectivity index (χ2n) is 3.47. The van der Waals surface area contributed by atoms with Crippen molar-refractivity contribution in [3.8, 4) is 6.07 Å². The van der Waals surface area contributed by atoms with Crippen LogP contribution in [0.3, 0.4) is 0 Å². The zero-order chi connectivity index (χ0) is 13.5. The van der Waals surface area contributed by atoms with Gasteiger partial charge in [0.1, 0.15) is 5.82 Å². The Morgan fingerprint density at radius 1 is 1.32 bits per heavy atom. The zero-order valence-corrected chi connectivity index (χ0v) is 11.5. The minimum atomic E-state index is -0.249.